The molecule has 2 aliphatic rings. The first-order valence-electron chi connectivity index (χ1n) is 7.91. The number of hydrogen-bond acceptors (Lipinski definition) is 5. The van der Waals surface area contributed by atoms with Crippen molar-refractivity contribution in [2.45, 2.75) is 32.0 Å². The summed E-state index contributed by atoms with van der Waals surface area (Å²) in [5.74, 6) is -0.112. The zero-order chi connectivity index (χ0) is 17.3. The molecule has 1 amide bonds. The molecule has 1 N–H and O–H groups in total. The summed E-state index contributed by atoms with van der Waals surface area (Å²) < 4.78 is 16.7. The molecular weight excluding hydrogens is 314 g/mol. The van der Waals surface area contributed by atoms with Crippen molar-refractivity contribution >= 4 is 11.9 Å². The molecule has 3 rings (SSSR count). The third-order valence-corrected chi connectivity index (χ3v) is 4.10. The smallest absolute Gasteiger partial charge is 0.334 e. The van der Waals surface area contributed by atoms with Gasteiger partial charge in [0.25, 0.3) is 5.91 Å². The van der Waals surface area contributed by atoms with Crippen molar-refractivity contribution in [3.05, 3.63) is 23.8 Å². The van der Waals surface area contributed by atoms with Crippen LogP contribution in [0.5, 0.6) is 11.5 Å². The molecule has 130 valence electrons. The lowest BCUT2D eigenvalue weighted by atomic mass is 10.0. The van der Waals surface area contributed by atoms with E-state index in [-0.39, 0.29) is 31.3 Å². The summed E-state index contributed by atoms with van der Waals surface area (Å²) in [6.45, 7) is 4.45. The number of carboxylic acids is 1. The van der Waals surface area contributed by atoms with Crippen molar-refractivity contribution in [1.29, 1.82) is 0 Å². The number of aliphatic carboxylic acids is 1. The Morgan fingerprint density at radius 1 is 1.42 bits per heavy atom. The van der Waals surface area contributed by atoms with Crippen LogP contribution in [0.15, 0.2) is 18.2 Å². The molecule has 1 saturated heterocycles. The van der Waals surface area contributed by atoms with E-state index in [2.05, 4.69) is 0 Å². The quantitative estimate of drug-likeness (QED) is 0.887. The maximum Gasteiger partial charge on any atom is 0.334 e. The molecule has 1 aromatic rings. The molecule has 0 radical (unpaired) electrons. The van der Waals surface area contributed by atoms with Crippen LogP contribution in [0.25, 0.3) is 0 Å². The summed E-state index contributed by atoms with van der Waals surface area (Å²) in [4.78, 5) is 24.7. The minimum atomic E-state index is -1.06. The first-order chi connectivity index (χ1) is 11.4. The monoisotopic (exact) mass is 335 g/mol. The third kappa shape index (κ3) is 3.46. The van der Waals surface area contributed by atoms with E-state index in [4.69, 9.17) is 19.3 Å². The van der Waals surface area contributed by atoms with E-state index in [0.717, 1.165) is 12.0 Å². The van der Waals surface area contributed by atoms with E-state index in [1.807, 2.05) is 26.0 Å². The van der Waals surface area contributed by atoms with E-state index in [9.17, 15) is 9.59 Å². The summed E-state index contributed by atoms with van der Waals surface area (Å²) in [6, 6.07) is 5.63. The van der Waals surface area contributed by atoms with Gasteiger partial charge in [0.05, 0.1) is 13.2 Å². The molecule has 7 heteroatoms. The van der Waals surface area contributed by atoms with Crippen LogP contribution in [0, 0.1) is 0 Å². The number of nitrogens with zero attached hydrogens (tertiary/aromatic N) is 1. The van der Waals surface area contributed by atoms with Crippen LogP contribution in [0.4, 0.5) is 0 Å². The molecule has 0 spiro atoms. The van der Waals surface area contributed by atoms with Gasteiger partial charge in [-0.25, -0.2) is 4.79 Å². The van der Waals surface area contributed by atoms with Gasteiger partial charge < -0.3 is 24.2 Å². The van der Waals surface area contributed by atoms with Gasteiger partial charge in [0, 0.05) is 18.5 Å². The average molecular weight is 335 g/mol. The van der Waals surface area contributed by atoms with Gasteiger partial charge >= 0.3 is 5.97 Å². The zero-order valence-corrected chi connectivity index (χ0v) is 13.8. The van der Waals surface area contributed by atoms with Crippen LogP contribution < -0.4 is 9.47 Å². The van der Waals surface area contributed by atoms with Gasteiger partial charge in [0.2, 0.25) is 0 Å². The molecule has 24 heavy (non-hydrogen) atoms. The molecule has 1 aromatic carbocycles. The molecule has 1 fully saturated rings. The fourth-order valence-electron chi connectivity index (χ4n) is 2.96. The molecule has 7 nitrogen and oxygen atoms in total. The van der Waals surface area contributed by atoms with Gasteiger partial charge in [-0.05, 0) is 19.9 Å². The van der Waals surface area contributed by atoms with Gasteiger partial charge in [-0.15, -0.1) is 0 Å². The van der Waals surface area contributed by atoms with Crippen molar-refractivity contribution in [3.63, 3.8) is 0 Å². The predicted octanol–water partition coefficient (Wildman–Crippen LogP) is 1.09. The highest BCUT2D eigenvalue weighted by atomic mass is 16.5. The summed E-state index contributed by atoms with van der Waals surface area (Å²) in [7, 11) is 0. The highest BCUT2D eigenvalue weighted by Gasteiger charge is 2.33. The van der Waals surface area contributed by atoms with E-state index in [1.54, 1.807) is 6.07 Å². The Hall–Kier alpha value is -2.28. The highest BCUT2D eigenvalue weighted by molar-refractivity contribution is 5.80. The van der Waals surface area contributed by atoms with Gasteiger partial charge in [0.1, 0.15) is 5.60 Å². The Morgan fingerprint density at radius 2 is 2.21 bits per heavy atom. The number of hydrogen-bond donors (Lipinski definition) is 1. The Labute approximate surface area is 140 Å². The summed E-state index contributed by atoms with van der Waals surface area (Å²) in [5, 5.41) is 8.99. The number of carbonyl (C=O) groups is 2. The van der Waals surface area contributed by atoms with Gasteiger partial charge in [0.15, 0.2) is 24.2 Å². The Morgan fingerprint density at radius 3 is 2.96 bits per heavy atom. The first kappa shape index (κ1) is 16.6. The minimum Gasteiger partial charge on any atom is -0.483 e. The van der Waals surface area contributed by atoms with Gasteiger partial charge in [-0.1, -0.05) is 12.1 Å². The lowest BCUT2D eigenvalue weighted by molar-refractivity contribution is -0.159. The van der Waals surface area contributed by atoms with Crippen molar-refractivity contribution in [2.24, 2.45) is 0 Å². The Kier molecular flexibility index (Phi) is 4.36. The zero-order valence-electron chi connectivity index (χ0n) is 13.8. The fraction of sp³-hybridized carbons (Fsp3) is 0.529. The van der Waals surface area contributed by atoms with Crippen LogP contribution in [-0.2, 0) is 20.7 Å². The topological polar surface area (TPSA) is 85.3 Å². The van der Waals surface area contributed by atoms with Crippen LogP contribution in [-0.4, -0.2) is 59.9 Å². The molecule has 2 heterocycles. The van der Waals surface area contributed by atoms with Crippen molar-refractivity contribution < 1.29 is 28.9 Å². The standard InChI is InChI=1S/C17H21NO6/c1-17(2)8-11-4-3-5-12(15(11)24-17)23-10-14(19)18-6-7-22-13(9-18)16(20)21/h3-5,13H,6-10H2,1-2H3,(H,20,21)/t13-/m1/s1. The van der Waals surface area contributed by atoms with Crippen LogP contribution in [0.2, 0.25) is 0 Å². The SMILES string of the molecule is CC1(C)Cc2cccc(OCC(=O)N3CCO[C@@H](C(=O)O)C3)c2O1. The predicted molar refractivity (Wildman–Crippen MR) is 84.3 cm³/mol. The number of carboxylic acid groups (broad SMARTS) is 1. The number of carbonyl (C=O) groups excluding carboxylic acids is 1. The van der Waals surface area contributed by atoms with Gasteiger partial charge in [-0.3, -0.25) is 4.79 Å². The molecule has 0 unspecified atom stereocenters. The summed E-state index contributed by atoms with van der Waals surface area (Å²) in [5.41, 5.74) is 0.771. The fourth-order valence-corrected chi connectivity index (χ4v) is 2.96. The number of fused-ring (bicyclic) bond motifs is 1. The number of ether oxygens (including phenoxy) is 3. The van der Waals surface area contributed by atoms with E-state index < -0.39 is 12.1 Å². The molecule has 0 aliphatic carbocycles. The molecule has 0 saturated carbocycles. The van der Waals surface area contributed by atoms with Crippen molar-refractivity contribution in [3.8, 4) is 11.5 Å². The van der Waals surface area contributed by atoms with E-state index >= 15 is 0 Å². The maximum absolute atomic E-state index is 12.3. The second kappa shape index (κ2) is 6.32. The molecule has 0 aromatic heterocycles. The number of amides is 1. The third-order valence-electron chi connectivity index (χ3n) is 4.10. The van der Waals surface area contributed by atoms with Gasteiger partial charge in [-0.2, -0.15) is 0 Å². The van der Waals surface area contributed by atoms with Crippen LogP contribution in [0.1, 0.15) is 19.4 Å². The second-order valence-corrected chi connectivity index (χ2v) is 6.61. The van der Waals surface area contributed by atoms with E-state index in [0.29, 0.717) is 18.0 Å². The average Bonchev–Trinajstić information content (AvgIpc) is 2.87. The second-order valence-electron chi connectivity index (χ2n) is 6.61. The number of benzene rings is 1. The summed E-state index contributed by atoms with van der Waals surface area (Å²) >= 11 is 0. The number of morpholine rings is 1. The van der Waals surface area contributed by atoms with Crippen LogP contribution >= 0.6 is 0 Å². The normalized spacial score (nSPS) is 21.8. The van der Waals surface area contributed by atoms with E-state index in [1.165, 1.54) is 4.90 Å². The largest absolute Gasteiger partial charge is 0.483 e. The summed E-state index contributed by atoms with van der Waals surface area (Å²) in [6.07, 6.45) is -0.190. The highest BCUT2D eigenvalue weighted by Crippen LogP contribution is 2.41. The first-order valence-corrected chi connectivity index (χ1v) is 7.91. The van der Waals surface area contributed by atoms with Crippen molar-refractivity contribution in [1.82, 2.24) is 4.90 Å². The lowest BCUT2D eigenvalue weighted by Crippen LogP contribution is -2.49. The molecule has 2 aliphatic heterocycles. The Balaban J connectivity index is 1.62. The number of para-hydroxylation sites is 1. The van der Waals surface area contributed by atoms with Crippen molar-refractivity contribution in [2.75, 3.05) is 26.3 Å². The maximum atomic E-state index is 12.3. The Bertz CT molecular complexity index is 656. The number of rotatable bonds is 4. The molecule has 0 bridgehead atoms. The lowest BCUT2D eigenvalue weighted by Gasteiger charge is -2.30. The van der Waals surface area contributed by atoms with Crippen LogP contribution in [0.3, 0.4) is 0 Å². The molecular formula is C17H21NO6. The molecule has 1 atom stereocenters. The minimum absolute atomic E-state index is 0.0357.